The molecule has 2 aromatic rings. The van der Waals surface area contributed by atoms with Gasteiger partial charge in [-0.3, -0.25) is 4.79 Å². The molecule has 1 N–H and O–H groups in total. The average molecular weight is 289 g/mol. The Morgan fingerprint density at radius 1 is 1.20 bits per heavy atom. The number of hydrogen-bond donors (Lipinski definition) is 1. The Kier molecular flexibility index (Phi) is 5.18. The second kappa shape index (κ2) is 7.10. The quantitative estimate of drug-likeness (QED) is 0.833. The zero-order chi connectivity index (χ0) is 14.4. The molecule has 0 radical (unpaired) electrons. The molecule has 0 atom stereocenters. The van der Waals surface area contributed by atoms with Crippen molar-refractivity contribution in [2.24, 2.45) is 0 Å². The van der Waals surface area contributed by atoms with E-state index in [1.807, 2.05) is 31.2 Å². The van der Waals surface area contributed by atoms with E-state index in [0.717, 1.165) is 11.3 Å². The fraction of sp³-hybridized carbons (Fsp3) is 0.188. The topological polar surface area (TPSA) is 29.1 Å². The van der Waals surface area contributed by atoms with Crippen molar-refractivity contribution in [3.05, 3.63) is 59.9 Å². The highest BCUT2D eigenvalue weighted by Crippen LogP contribution is 2.22. The van der Waals surface area contributed by atoms with Gasteiger partial charge in [0.2, 0.25) is 5.91 Å². The van der Waals surface area contributed by atoms with Gasteiger partial charge in [-0.25, -0.2) is 4.39 Å². The number of anilines is 1. The molecule has 1 amide bonds. The molecule has 2 aromatic carbocycles. The summed E-state index contributed by atoms with van der Waals surface area (Å²) in [5.41, 5.74) is 1.90. The Bertz CT molecular complexity index is 601. The first kappa shape index (κ1) is 14.6. The summed E-state index contributed by atoms with van der Waals surface area (Å²) in [5.74, 6) is 0.259. The van der Waals surface area contributed by atoms with Gasteiger partial charge < -0.3 is 5.32 Å². The van der Waals surface area contributed by atoms with Crippen molar-refractivity contribution in [3.8, 4) is 0 Å². The Balaban J connectivity index is 1.80. The highest BCUT2D eigenvalue weighted by molar-refractivity contribution is 7.99. The maximum Gasteiger partial charge on any atom is 0.225 e. The minimum Gasteiger partial charge on any atom is -0.326 e. The SMILES string of the molecule is Cc1cccc(NC(=O)CCSc2ccccc2F)c1. The Morgan fingerprint density at radius 3 is 2.75 bits per heavy atom. The molecule has 0 bridgehead atoms. The number of benzene rings is 2. The summed E-state index contributed by atoms with van der Waals surface area (Å²) in [6.07, 6.45) is 0.354. The summed E-state index contributed by atoms with van der Waals surface area (Å²) in [4.78, 5) is 12.4. The van der Waals surface area contributed by atoms with Crippen LogP contribution in [0.25, 0.3) is 0 Å². The lowest BCUT2D eigenvalue weighted by Gasteiger charge is -2.06. The highest BCUT2D eigenvalue weighted by atomic mass is 32.2. The molecule has 4 heteroatoms. The zero-order valence-electron chi connectivity index (χ0n) is 11.2. The predicted octanol–water partition coefficient (Wildman–Crippen LogP) is 4.26. The first-order chi connectivity index (χ1) is 9.65. The van der Waals surface area contributed by atoms with Crippen molar-refractivity contribution < 1.29 is 9.18 Å². The molecule has 20 heavy (non-hydrogen) atoms. The number of rotatable bonds is 5. The van der Waals surface area contributed by atoms with Crippen LogP contribution in [0, 0.1) is 12.7 Å². The van der Waals surface area contributed by atoms with Crippen LogP contribution >= 0.6 is 11.8 Å². The number of aryl methyl sites for hydroxylation is 1. The number of halogens is 1. The maximum absolute atomic E-state index is 13.4. The van der Waals surface area contributed by atoms with E-state index < -0.39 is 0 Å². The standard InChI is InChI=1S/C16H16FNOS/c1-12-5-4-6-13(11-12)18-16(19)9-10-20-15-8-3-2-7-14(15)17/h2-8,11H,9-10H2,1H3,(H,18,19). The van der Waals surface area contributed by atoms with Gasteiger partial charge in [-0.2, -0.15) is 0 Å². The molecule has 0 fully saturated rings. The number of amides is 1. The molecule has 0 saturated carbocycles. The van der Waals surface area contributed by atoms with Crippen molar-refractivity contribution in [3.63, 3.8) is 0 Å². The van der Waals surface area contributed by atoms with E-state index >= 15 is 0 Å². The summed E-state index contributed by atoms with van der Waals surface area (Å²) in [6.45, 7) is 1.98. The largest absolute Gasteiger partial charge is 0.326 e. The normalized spacial score (nSPS) is 10.3. The lowest BCUT2D eigenvalue weighted by atomic mass is 10.2. The predicted molar refractivity (Wildman–Crippen MR) is 81.5 cm³/mol. The number of thioether (sulfide) groups is 1. The Morgan fingerprint density at radius 2 is 2.00 bits per heavy atom. The van der Waals surface area contributed by atoms with Crippen molar-refractivity contribution in [1.29, 1.82) is 0 Å². The van der Waals surface area contributed by atoms with Gasteiger partial charge in [0.25, 0.3) is 0 Å². The average Bonchev–Trinajstić information content (AvgIpc) is 2.41. The first-order valence-electron chi connectivity index (χ1n) is 6.39. The first-order valence-corrected chi connectivity index (χ1v) is 7.37. The Hall–Kier alpha value is -1.81. The molecular formula is C16H16FNOS. The Labute approximate surface area is 122 Å². The van der Waals surface area contributed by atoms with Crippen LogP contribution in [0.1, 0.15) is 12.0 Å². The van der Waals surface area contributed by atoms with Gasteiger partial charge in [0, 0.05) is 22.8 Å². The van der Waals surface area contributed by atoms with Crippen molar-refractivity contribution >= 4 is 23.4 Å². The fourth-order valence-electron chi connectivity index (χ4n) is 1.76. The van der Waals surface area contributed by atoms with Crippen LogP contribution in [-0.2, 0) is 4.79 Å². The fourth-order valence-corrected chi connectivity index (χ4v) is 2.65. The maximum atomic E-state index is 13.4. The monoisotopic (exact) mass is 289 g/mol. The third-order valence-electron chi connectivity index (χ3n) is 2.73. The summed E-state index contributed by atoms with van der Waals surface area (Å²) in [7, 11) is 0. The van der Waals surface area contributed by atoms with E-state index in [1.165, 1.54) is 17.8 Å². The van der Waals surface area contributed by atoms with Crippen LogP contribution in [-0.4, -0.2) is 11.7 Å². The van der Waals surface area contributed by atoms with Crippen molar-refractivity contribution in [2.45, 2.75) is 18.2 Å². The number of carbonyl (C=O) groups excluding carboxylic acids is 1. The molecule has 0 aromatic heterocycles. The molecule has 0 heterocycles. The van der Waals surface area contributed by atoms with Crippen LogP contribution in [0.3, 0.4) is 0 Å². The van der Waals surface area contributed by atoms with Crippen molar-refractivity contribution in [1.82, 2.24) is 0 Å². The van der Waals surface area contributed by atoms with Gasteiger partial charge in [-0.15, -0.1) is 11.8 Å². The van der Waals surface area contributed by atoms with Crippen LogP contribution < -0.4 is 5.32 Å². The summed E-state index contributed by atoms with van der Waals surface area (Å²) >= 11 is 1.35. The minimum absolute atomic E-state index is 0.0561. The van der Waals surface area contributed by atoms with Gasteiger partial charge in [-0.05, 0) is 36.8 Å². The molecule has 0 saturated heterocycles. The number of nitrogens with one attached hydrogen (secondary N) is 1. The van der Waals surface area contributed by atoms with E-state index in [-0.39, 0.29) is 11.7 Å². The summed E-state index contributed by atoms with van der Waals surface area (Å²) in [5, 5.41) is 2.84. The van der Waals surface area contributed by atoms with Gasteiger partial charge in [0.15, 0.2) is 0 Å². The van der Waals surface area contributed by atoms with E-state index in [9.17, 15) is 9.18 Å². The van der Waals surface area contributed by atoms with Gasteiger partial charge in [0.05, 0.1) is 0 Å². The van der Waals surface area contributed by atoms with Crippen LogP contribution in [0.2, 0.25) is 0 Å². The molecule has 0 aliphatic heterocycles. The van der Waals surface area contributed by atoms with Crippen LogP contribution in [0.4, 0.5) is 10.1 Å². The zero-order valence-corrected chi connectivity index (χ0v) is 12.0. The molecule has 0 aliphatic rings. The summed E-state index contributed by atoms with van der Waals surface area (Å²) in [6, 6.07) is 14.2. The summed E-state index contributed by atoms with van der Waals surface area (Å²) < 4.78 is 13.4. The van der Waals surface area contributed by atoms with Crippen LogP contribution in [0.15, 0.2) is 53.4 Å². The minimum atomic E-state index is -0.239. The van der Waals surface area contributed by atoms with Gasteiger partial charge in [-0.1, -0.05) is 24.3 Å². The second-order valence-corrected chi connectivity index (χ2v) is 5.58. The van der Waals surface area contributed by atoms with E-state index in [2.05, 4.69) is 5.32 Å². The lowest BCUT2D eigenvalue weighted by Crippen LogP contribution is -2.12. The second-order valence-electron chi connectivity index (χ2n) is 4.45. The highest BCUT2D eigenvalue weighted by Gasteiger charge is 2.05. The van der Waals surface area contributed by atoms with E-state index in [4.69, 9.17) is 0 Å². The molecule has 104 valence electrons. The lowest BCUT2D eigenvalue weighted by molar-refractivity contribution is -0.115. The van der Waals surface area contributed by atoms with E-state index in [1.54, 1.807) is 18.2 Å². The van der Waals surface area contributed by atoms with Gasteiger partial charge >= 0.3 is 0 Å². The third kappa shape index (κ3) is 4.38. The molecular weight excluding hydrogens is 273 g/mol. The number of carbonyl (C=O) groups is 1. The molecule has 0 aliphatic carbocycles. The molecule has 0 spiro atoms. The molecule has 2 nitrogen and oxygen atoms in total. The van der Waals surface area contributed by atoms with Crippen LogP contribution in [0.5, 0.6) is 0 Å². The molecule has 0 unspecified atom stereocenters. The molecule has 2 rings (SSSR count). The van der Waals surface area contributed by atoms with Gasteiger partial charge in [0.1, 0.15) is 5.82 Å². The third-order valence-corrected chi connectivity index (χ3v) is 3.78. The number of hydrogen-bond acceptors (Lipinski definition) is 2. The van der Waals surface area contributed by atoms with Crippen molar-refractivity contribution in [2.75, 3.05) is 11.1 Å². The smallest absolute Gasteiger partial charge is 0.225 e. The van der Waals surface area contributed by atoms with E-state index in [0.29, 0.717) is 17.1 Å².